The zero-order valence-corrected chi connectivity index (χ0v) is 13.3. The Hall–Kier alpha value is -0.540. The lowest BCUT2D eigenvalue weighted by atomic mass is 10.0. The number of nitrogens with one attached hydrogen (secondary N) is 1. The largest absolute Gasteiger partial charge is 0.310 e. The lowest BCUT2D eigenvalue weighted by Crippen LogP contribution is -2.23. The van der Waals surface area contributed by atoms with Crippen LogP contribution in [-0.4, -0.2) is 6.54 Å². The van der Waals surface area contributed by atoms with Gasteiger partial charge in [-0.25, -0.2) is 0 Å². The van der Waals surface area contributed by atoms with Crippen molar-refractivity contribution in [3.63, 3.8) is 0 Å². The molecule has 0 saturated heterocycles. The first kappa shape index (κ1) is 14.9. The third-order valence-electron chi connectivity index (χ3n) is 3.25. The van der Waals surface area contributed by atoms with E-state index in [1.165, 1.54) is 16.9 Å². The van der Waals surface area contributed by atoms with E-state index >= 15 is 0 Å². The maximum Gasteiger partial charge on any atom is 0.0991 e. The van der Waals surface area contributed by atoms with Crippen molar-refractivity contribution in [2.24, 2.45) is 0 Å². The summed E-state index contributed by atoms with van der Waals surface area (Å²) in [5, 5.41) is 3.51. The second kappa shape index (κ2) is 6.76. The highest BCUT2D eigenvalue weighted by Gasteiger charge is 2.14. The Morgan fingerprint density at radius 2 is 1.84 bits per heavy atom. The highest BCUT2D eigenvalue weighted by molar-refractivity contribution is 7.20. The fourth-order valence-corrected chi connectivity index (χ4v) is 3.66. The average Bonchev–Trinajstić information content (AvgIpc) is 2.75. The van der Waals surface area contributed by atoms with Gasteiger partial charge in [0.1, 0.15) is 0 Å². The van der Waals surface area contributed by atoms with Crippen LogP contribution >= 0.6 is 34.5 Å². The van der Waals surface area contributed by atoms with Crippen molar-refractivity contribution in [2.75, 3.05) is 6.54 Å². The highest BCUT2D eigenvalue weighted by Crippen LogP contribution is 2.34. The van der Waals surface area contributed by atoms with Crippen molar-refractivity contribution in [2.45, 2.75) is 25.8 Å². The summed E-state index contributed by atoms with van der Waals surface area (Å²) in [6.45, 7) is 5.24. The zero-order valence-electron chi connectivity index (χ0n) is 11.0. The maximum atomic E-state index is 6.17. The van der Waals surface area contributed by atoms with E-state index in [9.17, 15) is 0 Å². The van der Waals surface area contributed by atoms with Gasteiger partial charge >= 0.3 is 0 Å². The normalized spacial score (nSPS) is 14.3. The van der Waals surface area contributed by atoms with E-state index in [1.807, 2.05) is 12.1 Å². The molecule has 2 unspecified atom stereocenters. The molecule has 2 rings (SSSR count). The first-order valence-electron chi connectivity index (χ1n) is 6.31. The second-order valence-electron chi connectivity index (χ2n) is 4.72. The predicted molar refractivity (Wildman–Crippen MR) is 85.6 cm³/mol. The fraction of sp³-hybridized carbons (Fsp3) is 0.333. The molecule has 2 atom stereocenters. The van der Waals surface area contributed by atoms with Crippen LogP contribution in [0.3, 0.4) is 0 Å². The number of hydrogen-bond acceptors (Lipinski definition) is 2. The quantitative estimate of drug-likeness (QED) is 0.767. The summed E-state index contributed by atoms with van der Waals surface area (Å²) in [5.41, 5.74) is 2.42. The first-order valence-corrected chi connectivity index (χ1v) is 7.88. The molecular formula is C15H17Cl2NS. The molecule has 19 heavy (non-hydrogen) atoms. The summed E-state index contributed by atoms with van der Waals surface area (Å²) in [5.74, 6) is 0.469. The van der Waals surface area contributed by atoms with E-state index in [0.717, 1.165) is 20.8 Å². The molecule has 2 aromatic rings. The summed E-state index contributed by atoms with van der Waals surface area (Å²) in [6, 6.07) is 12.7. The van der Waals surface area contributed by atoms with Gasteiger partial charge in [0.05, 0.1) is 8.67 Å². The Morgan fingerprint density at radius 1 is 1.16 bits per heavy atom. The molecule has 1 aromatic carbocycles. The standard InChI is InChI=1S/C15H17Cl2NS/c1-10(12-6-4-3-5-7-12)9-18-11(2)13-8-14(16)19-15(13)17/h3-8,10-11,18H,9H2,1-2H3. The van der Waals surface area contributed by atoms with Crippen molar-refractivity contribution >= 4 is 34.5 Å². The van der Waals surface area contributed by atoms with Crippen LogP contribution in [0.15, 0.2) is 36.4 Å². The second-order valence-corrected chi connectivity index (χ2v) is 7.01. The number of hydrogen-bond donors (Lipinski definition) is 1. The lowest BCUT2D eigenvalue weighted by molar-refractivity contribution is 0.538. The van der Waals surface area contributed by atoms with Crippen molar-refractivity contribution in [1.82, 2.24) is 5.32 Å². The summed E-state index contributed by atoms with van der Waals surface area (Å²) in [7, 11) is 0. The van der Waals surface area contributed by atoms with Gasteiger partial charge in [-0.3, -0.25) is 0 Å². The molecule has 0 fully saturated rings. The maximum absolute atomic E-state index is 6.17. The molecule has 102 valence electrons. The molecule has 0 aliphatic heterocycles. The summed E-state index contributed by atoms with van der Waals surface area (Å²) in [6.07, 6.45) is 0. The minimum Gasteiger partial charge on any atom is -0.310 e. The number of benzene rings is 1. The molecule has 0 radical (unpaired) electrons. The van der Waals surface area contributed by atoms with Gasteiger partial charge in [-0.05, 0) is 30.0 Å². The molecule has 0 saturated carbocycles. The van der Waals surface area contributed by atoms with E-state index in [0.29, 0.717) is 5.92 Å². The SMILES string of the molecule is CC(CNC(C)c1cc(Cl)sc1Cl)c1ccccc1. The molecule has 1 N–H and O–H groups in total. The first-order chi connectivity index (χ1) is 9.08. The van der Waals surface area contributed by atoms with Crippen molar-refractivity contribution in [3.05, 3.63) is 56.2 Å². The minimum absolute atomic E-state index is 0.211. The van der Waals surface area contributed by atoms with Crippen LogP contribution in [-0.2, 0) is 0 Å². The Balaban J connectivity index is 1.94. The molecular weight excluding hydrogens is 297 g/mol. The Kier molecular flexibility index (Phi) is 5.28. The Bertz CT molecular complexity index is 524. The van der Waals surface area contributed by atoms with Crippen LogP contribution in [0.1, 0.15) is 36.9 Å². The number of halogens is 2. The highest BCUT2D eigenvalue weighted by atomic mass is 35.5. The van der Waals surface area contributed by atoms with Crippen molar-refractivity contribution in [3.8, 4) is 0 Å². The van der Waals surface area contributed by atoms with Gasteiger partial charge < -0.3 is 5.32 Å². The molecule has 1 heterocycles. The van der Waals surface area contributed by atoms with E-state index < -0.39 is 0 Å². The zero-order chi connectivity index (χ0) is 13.8. The molecule has 1 aromatic heterocycles. The molecule has 0 aliphatic rings. The van der Waals surface area contributed by atoms with Crippen LogP contribution < -0.4 is 5.32 Å². The monoisotopic (exact) mass is 313 g/mol. The Labute approximate surface area is 128 Å². The third kappa shape index (κ3) is 3.96. The van der Waals surface area contributed by atoms with Gasteiger partial charge in [-0.2, -0.15) is 0 Å². The van der Waals surface area contributed by atoms with Crippen molar-refractivity contribution in [1.29, 1.82) is 0 Å². The Morgan fingerprint density at radius 3 is 2.42 bits per heavy atom. The van der Waals surface area contributed by atoms with Crippen LogP contribution in [0.4, 0.5) is 0 Å². The molecule has 0 bridgehead atoms. The minimum atomic E-state index is 0.211. The van der Waals surface area contributed by atoms with Crippen LogP contribution in [0.5, 0.6) is 0 Å². The van der Waals surface area contributed by atoms with E-state index in [2.05, 4.69) is 43.4 Å². The van der Waals surface area contributed by atoms with Crippen LogP contribution in [0, 0.1) is 0 Å². The molecule has 0 aliphatic carbocycles. The topological polar surface area (TPSA) is 12.0 Å². The summed E-state index contributed by atoms with van der Waals surface area (Å²) >= 11 is 13.6. The van der Waals surface area contributed by atoms with Gasteiger partial charge in [0.25, 0.3) is 0 Å². The lowest BCUT2D eigenvalue weighted by Gasteiger charge is -2.18. The third-order valence-corrected chi connectivity index (χ3v) is 4.77. The van der Waals surface area contributed by atoms with Gasteiger partial charge in [-0.15, -0.1) is 11.3 Å². The summed E-state index contributed by atoms with van der Waals surface area (Å²) < 4.78 is 1.52. The van der Waals surface area contributed by atoms with Gasteiger partial charge in [0, 0.05) is 12.6 Å². The van der Waals surface area contributed by atoms with Gasteiger partial charge in [-0.1, -0.05) is 60.5 Å². The van der Waals surface area contributed by atoms with Gasteiger partial charge in [0.15, 0.2) is 0 Å². The van der Waals surface area contributed by atoms with Crippen LogP contribution in [0.2, 0.25) is 8.67 Å². The predicted octanol–water partition coefficient (Wildman–Crippen LogP) is 5.51. The molecule has 0 amide bonds. The van der Waals surface area contributed by atoms with Crippen LogP contribution in [0.25, 0.3) is 0 Å². The fourth-order valence-electron chi connectivity index (χ4n) is 2.01. The van der Waals surface area contributed by atoms with Crippen molar-refractivity contribution < 1.29 is 0 Å². The van der Waals surface area contributed by atoms with E-state index in [1.54, 1.807) is 0 Å². The molecule has 0 spiro atoms. The average molecular weight is 314 g/mol. The van der Waals surface area contributed by atoms with Gasteiger partial charge in [0.2, 0.25) is 0 Å². The summed E-state index contributed by atoms with van der Waals surface area (Å²) in [4.78, 5) is 0. The van der Waals surface area contributed by atoms with E-state index in [-0.39, 0.29) is 6.04 Å². The number of thiophene rings is 1. The van der Waals surface area contributed by atoms with E-state index in [4.69, 9.17) is 23.2 Å². The molecule has 4 heteroatoms. The molecule has 1 nitrogen and oxygen atoms in total. The number of rotatable bonds is 5. The smallest absolute Gasteiger partial charge is 0.0991 e.